The normalized spacial score (nSPS) is 9.00. The summed E-state index contributed by atoms with van der Waals surface area (Å²) in [4.78, 5) is 9.71. The van der Waals surface area contributed by atoms with Crippen LogP contribution in [0.15, 0.2) is 0 Å². The van der Waals surface area contributed by atoms with Gasteiger partial charge in [0, 0.05) is 0 Å². The summed E-state index contributed by atoms with van der Waals surface area (Å²) in [7, 11) is 0. The molecule has 1 amide bonds. The van der Waals surface area contributed by atoms with Crippen molar-refractivity contribution in [1.29, 1.82) is 0 Å². The first kappa shape index (κ1) is 6.97. The molecule has 0 aliphatic rings. The van der Waals surface area contributed by atoms with E-state index in [0.717, 1.165) is 0 Å². The van der Waals surface area contributed by atoms with E-state index >= 15 is 0 Å². The summed E-state index contributed by atoms with van der Waals surface area (Å²) in [6, 6.07) is 0. The van der Waals surface area contributed by atoms with E-state index in [1.807, 2.05) is 0 Å². The fourth-order valence-electron chi connectivity index (χ4n) is 0.104. The molecule has 0 atom stereocenters. The third kappa shape index (κ3) is 5.97. The zero-order valence-electron chi connectivity index (χ0n) is 3.37. The molecule has 7 heavy (non-hydrogen) atoms. The van der Waals surface area contributed by atoms with Crippen LogP contribution in [-0.2, 0) is 4.74 Å². The second-order valence-electron chi connectivity index (χ2n) is 0.763. The third-order valence-electron chi connectivity index (χ3n) is 0.222. The predicted molar refractivity (Wildman–Crippen MR) is 32.4 cm³/mol. The van der Waals surface area contributed by atoms with Crippen LogP contribution in [0.3, 0.4) is 0 Å². The van der Waals surface area contributed by atoms with E-state index < -0.39 is 10.9 Å². The predicted octanol–water partition coefficient (Wildman–Crippen LogP) is 0.225. The fraction of sp³-hybridized carbons (Fsp3) is 0.500. The first-order chi connectivity index (χ1) is 3.13. The van der Waals surface area contributed by atoms with Crippen LogP contribution in [0.1, 0.15) is 0 Å². The van der Waals surface area contributed by atoms with Crippen molar-refractivity contribution in [2.75, 3.05) is 0 Å². The van der Waals surface area contributed by atoms with Gasteiger partial charge in [-0.1, -0.05) is 0 Å². The van der Waals surface area contributed by atoms with Gasteiger partial charge in [0.05, 0.1) is 0 Å². The number of primary amides is 1. The Morgan fingerprint density at radius 3 is 2.14 bits per heavy atom. The number of carbonyl (C=O) groups excluding carboxylic acids is 1. The van der Waals surface area contributed by atoms with Crippen molar-refractivity contribution in [1.82, 2.24) is 0 Å². The van der Waals surface area contributed by atoms with Crippen LogP contribution in [0.25, 0.3) is 0 Å². The molecule has 0 aliphatic carbocycles. The first-order valence-electron chi connectivity index (χ1n) is 1.45. The van der Waals surface area contributed by atoms with Crippen molar-refractivity contribution >= 4 is 31.4 Å². The largest absolute Gasteiger partial charge is 0.425 e. The van der Waals surface area contributed by atoms with E-state index in [4.69, 9.17) is 0 Å². The van der Waals surface area contributed by atoms with E-state index in [1.54, 1.807) is 0 Å². The van der Waals surface area contributed by atoms with Crippen LogP contribution >= 0.6 is 25.3 Å². The molecule has 0 rings (SSSR count). The Labute approximate surface area is 52.0 Å². The SMILES string of the molecule is NC(=O)OC(S)S. The van der Waals surface area contributed by atoms with Gasteiger partial charge in [0.2, 0.25) is 0 Å². The van der Waals surface area contributed by atoms with Gasteiger partial charge >= 0.3 is 6.09 Å². The van der Waals surface area contributed by atoms with Crippen molar-refractivity contribution in [3.8, 4) is 0 Å². The molecule has 3 nitrogen and oxygen atoms in total. The van der Waals surface area contributed by atoms with Crippen LogP contribution < -0.4 is 5.73 Å². The summed E-state index contributed by atoms with van der Waals surface area (Å²) < 4.78 is 3.41. The molecule has 42 valence electrons. The number of thiol groups is 2. The molecular formula is C2H5NO2S2. The average molecular weight is 139 g/mol. The van der Waals surface area contributed by atoms with Crippen molar-refractivity contribution < 1.29 is 9.53 Å². The Bertz CT molecular complexity index is 74.1. The van der Waals surface area contributed by atoms with Gasteiger partial charge in [0.15, 0.2) is 4.77 Å². The van der Waals surface area contributed by atoms with Crippen molar-refractivity contribution in [2.24, 2.45) is 5.73 Å². The lowest BCUT2D eigenvalue weighted by Gasteiger charge is -1.99. The highest BCUT2D eigenvalue weighted by Crippen LogP contribution is 1.99. The summed E-state index contributed by atoms with van der Waals surface area (Å²) in [5.41, 5.74) is 4.53. The Morgan fingerprint density at radius 2 is 2.14 bits per heavy atom. The summed E-state index contributed by atoms with van der Waals surface area (Å²) in [5.74, 6) is 0. The van der Waals surface area contributed by atoms with E-state index in [1.165, 1.54) is 0 Å². The lowest BCUT2D eigenvalue weighted by Crippen LogP contribution is -2.15. The third-order valence-corrected chi connectivity index (χ3v) is 0.432. The molecule has 0 aromatic rings. The molecule has 0 saturated carbocycles. The Hall–Kier alpha value is -0.0300. The number of ether oxygens (including phenoxy) is 1. The standard InChI is InChI=1S/C2H5NO2S2/c3-1(4)5-2(6)7/h2,6-7H,(H2,3,4). The molecule has 0 spiro atoms. The Balaban J connectivity index is 3.13. The van der Waals surface area contributed by atoms with Crippen LogP contribution in [0.5, 0.6) is 0 Å². The maximum Gasteiger partial charge on any atom is 0.406 e. The molecule has 0 aromatic carbocycles. The number of amides is 1. The zero-order chi connectivity index (χ0) is 5.86. The number of hydrogen-bond acceptors (Lipinski definition) is 4. The number of carbonyl (C=O) groups is 1. The summed E-state index contributed by atoms with van der Waals surface area (Å²) in [6.07, 6.45) is -0.866. The molecule has 2 N–H and O–H groups in total. The molecule has 0 saturated heterocycles. The van der Waals surface area contributed by atoms with Gasteiger partial charge in [-0.25, -0.2) is 4.79 Å². The summed E-state index contributed by atoms with van der Waals surface area (Å²) in [5, 5.41) is 0. The van der Waals surface area contributed by atoms with Crippen LogP contribution in [-0.4, -0.2) is 10.9 Å². The number of hydrogen-bond donors (Lipinski definition) is 3. The molecule has 0 fully saturated rings. The van der Waals surface area contributed by atoms with Gasteiger partial charge < -0.3 is 10.5 Å². The van der Waals surface area contributed by atoms with Crippen molar-refractivity contribution in [2.45, 2.75) is 4.77 Å². The molecule has 0 radical (unpaired) electrons. The Kier molecular flexibility index (Phi) is 3.02. The number of rotatable bonds is 1. The smallest absolute Gasteiger partial charge is 0.406 e. The minimum absolute atomic E-state index is 0.711. The molecule has 0 aliphatic heterocycles. The quantitative estimate of drug-likeness (QED) is 0.359. The van der Waals surface area contributed by atoms with E-state index in [-0.39, 0.29) is 0 Å². The lowest BCUT2D eigenvalue weighted by atomic mass is 11.2. The monoisotopic (exact) mass is 139 g/mol. The van der Waals surface area contributed by atoms with E-state index in [0.29, 0.717) is 0 Å². The molecule has 0 aromatic heterocycles. The van der Waals surface area contributed by atoms with Gasteiger partial charge in [-0.2, -0.15) is 0 Å². The van der Waals surface area contributed by atoms with Gasteiger partial charge in [-0.3, -0.25) is 0 Å². The van der Waals surface area contributed by atoms with Crippen LogP contribution in [0.2, 0.25) is 0 Å². The average Bonchev–Trinajstić information content (AvgIpc) is 1.27. The maximum atomic E-state index is 9.71. The second-order valence-corrected chi connectivity index (χ2v) is 2.11. The van der Waals surface area contributed by atoms with E-state index in [2.05, 4.69) is 35.7 Å². The second kappa shape index (κ2) is 3.04. The van der Waals surface area contributed by atoms with Gasteiger partial charge in [0.1, 0.15) is 0 Å². The first-order valence-corrected chi connectivity index (χ1v) is 2.48. The van der Waals surface area contributed by atoms with Crippen LogP contribution in [0, 0.1) is 0 Å². The van der Waals surface area contributed by atoms with E-state index in [9.17, 15) is 4.79 Å². The molecule has 5 heteroatoms. The highest BCUT2D eigenvalue weighted by Gasteiger charge is 1.96. The molecule has 0 unspecified atom stereocenters. The molecular weight excluding hydrogens is 134 g/mol. The van der Waals surface area contributed by atoms with Crippen molar-refractivity contribution in [3.05, 3.63) is 0 Å². The lowest BCUT2D eigenvalue weighted by molar-refractivity contribution is 0.170. The fourth-order valence-corrected chi connectivity index (χ4v) is 0.312. The minimum Gasteiger partial charge on any atom is -0.425 e. The topological polar surface area (TPSA) is 52.3 Å². The Morgan fingerprint density at radius 1 is 1.71 bits per heavy atom. The molecule has 0 heterocycles. The highest BCUT2D eigenvalue weighted by molar-refractivity contribution is 7.98. The zero-order valence-corrected chi connectivity index (χ0v) is 5.15. The van der Waals surface area contributed by atoms with Gasteiger partial charge in [-0.05, 0) is 0 Å². The van der Waals surface area contributed by atoms with Crippen molar-refractivity contribution in [3.63, 3.8) is 0 Å². The van der Waals surface area contributed by atoms with Gasteiger partial charge in [0.25, 0.3) is 0 Å². The number of nitrogens with two attached hydrogens (primary N) is 1. The molecule has 0 bridgehead atoms. The summed E-state index contributed by atoms with van der Waals surface area (Å²) >= 11 is 7.16. The van der Waals surface area contributed by atoms with Crippen LogP contribution in [0.4, 0.5) is 4.79 Å². The highest BCUT2D eigenvalue weighted by atomic mass is 32.2. The maximum absolute atomic E-state index is 9.71. The van der Waals surface area contributed by atoms with Gasteiger partial charge in [-0.15, -0.1) is 25.3 Å². The summed E-state index contributed by atoms with van der Waals surface area (Å²) in [6.45, 7) is 0. The minimum atomic E-state index is -0.866.